The zero-order valence-corrected chi connectivity index (χ0v) is 11.3. The molecule has 0 unspecified atom stereocenters. The first-order valence-electron chi connectivity index (χ1n) is 6.35. The van der Waals surface area contributed by atoms with Gasteiger partial charge in [0.2, 0.25) is 11.8 Å². The molecule has 0 aliphatic carbocycles. The van der Waals surface area contributed by atoms with Crippen molar-refractivity contribution in [3.8, 4) is 0 Å². The van der Waals surface area contributed by atoms with Crippen molar-refractivity contribution in [2.75, 3.05) is 19.6 Å². The molecular formula is C14H19FN2O2. The number of nitrogens with one attached hydrogen (secondary N) is 1. The van der Waals surface area contributed by atoms with E-state index in [-0.39, 0.29) is 30.6 Å². The molecule has 0 saturated carbocycles. The first-order chi connectivity index (χ1) is 9.06. The van der Waals surface area contributed by atoms with Crippen molar-refractivity contribution in [1.82, 2.24) is 10.2 Å². The van der Waals surface area contributed by atoms with E-state index in [9.17, 15) is 14.0 Å². The number of rotatable bonds is 6. The standard InChI is InChI=1S/C14H19FN2O2/c1-3-17(4-2)14(19)10-16-13(18)9-11-6-5-7-12(15)8-11/h5-8H,3-4,9-10H2,1-2H3,(H,16,18). The van der Waals surface area contributed by atoms with Gasteiger partial charge in [-0.15, -0.1) is 0 Å². The summed E-state index contributed by atoms with van der Waals surface area (Å²) < 4.78 is 12.9. The van der Waals surface area contributed by atoms with Crippen molar-refractivity contribution in [3.63, 3.8) is 0 Å². The Morgan fingerprint density at radius 1 is 1.26 bits per heavy atom. The van der Waals surface area contributed by atoms with Gasteiger partial charge in [-0.25, -0.2) is 4.39 Å². The first-order valence-corrected chi connectivity index (χ1v) is 6.35. The molecule has 0 aliphatic heterocycles. The molecule has 0 aromatic heterocycles. The summed E-state index contributed by atoms with van der Waals surface area (Å²) in [6.45, 7) is 4.99. The maximum absolute atomic E-state index is 12.9. The van der Waals surface area contributed by atoms with Crippen LogP contribution in [0, 0.1) is 5.82 Å². The van der Waals surface area contributed by atoms with Gasteiger partial charge in [-0.3, -0.25) is 9.59 Å². The van der Waals surface area contributed by atoms with E-state index >= 15 is 0 Å². The Hall–Kier alpha value is -1.91. The number of halogens is 1. The van der Waals surface area contributed by atoms with Crippen LogP contribution in [0.2, 0.25) is 0 Å². The first kappa shape index (κ1) is 15.1. The lowest BCUT2D eigenvalue weighted by molar-refractivity contribution is -0.132. The molecular weight excluding hydrogens is 247 g/mol. The van der Waals surface area contributed by atoms with E-state index in [1.807, 2.05) is 13.8 Å². The van der Waals surface area contributed by atoms with Gasteiger partial charge in [0.15, 0.2) is 0 Å². The predicted octanol–water partition coefficient (Wildman–Crippen LogP) is 1.35. The van der Waals surface area contributed by atoms with E-state index in [0.29, 0.717) is 18.7 Å². The van der Waals surface area contributed by atoms with Crippen molar-refractivity contribution in [2.45, 2.75) is 20.3 Å². The molecule has 0 fully saturated rings. The van der Waals surface area contributed by atoms with Crippen LogP contribution in [0.1, 0.15) is 19.4 Å². The Morgan fingerprint density at radius 2 is 1.95 bits per heavy atom. The zero-order chi connectivity index (χ0) is 14.3. The lowest BCUT2D eigenvalue weighted by atomic mass is 10.1. The van der Waals surface area contributed by atoms with Crippen molar-refractivity contribution in [3.05, 3.63) is 35.6 Å². The number of carbonyl (C=O) groups is 2. The van der Waals surface area contributed by atoms with E-state index < -0.39 is 0 Å². The molecule has 104 valence electrons. The summed E-state index contributed by atoms with van der Waals surface area (Å²) >= 11 is 0. The number of nitrogens with zero attached hydrogens (tertiary/aromatic N) is 1. The summed E-state index contributed by atoms with van der Waals surface area (Å²) in [5, 5.41) is 2.55. The van der Waals surface area contributed by atoms with E-state index in [0.717, 1.165) is 0 Å². The van der Waals surface area contributed by atoms with Crippen molar-refractivity contribution < 1.29 is 14.0 Å². The van der Waals surface area contributed by atoms with E-state index in [1.165, 1.54) is 12.1 Å². The Labute approximate surface area is 112 Å². The maximum Gasteiger partial charge on any atom is 0.241 e. The van der Waals surface area contributed by atoms with E-state index in [4.69, 9.17) is 0 Å². The lowest BCUT2D eigenvalue weighted by Crippen LogP contribution is -2.40. The van der Waals surface area contributed by atoms with Crippen LogP contribution in [0.3, 0.4) is 0 Å². The summed E-state index contributed by atoms with van der Waals surface area (Å²) in [5.41, 5.74) is 0.591. The van der Waals surface area contributed by atoms with Crippen LogP contribution in [0.5, 0.6) is 0 Å². The normalized spacial score (nSPS) is 10.1. The smallest absolute Gasteiger partial charge is 0.241 e. The van der Waals surface area contributed by atoms with Crippen molar-refractivity contribution in [1.29, 1.82) is 0 Å². The summed E-state index contributed by atoms with van der Waals surface area (Å²) in [7, 11) is 0. The third-order valence-corrected chi connectivity index (χ3v) is 2.81. The van der Waals surface area contributed by atoms with Crippen LogP contribution in [-0.2, 0) is 16.0 Å². The van der Waals surface area contributed by atoms with Crippen LogP contribution < -0.4 is 5.32 Å². The summed E-state index contributed by atoms with van der Waals surface area (Å²) in [6, 6.07) is 5.87. The molecule has 0 heterocycles. The molecule has 0 radical (unpaired) electrons. The van der Waals surface area contributed by atoms with Gasteiger partial charge >= 0.3 is 0 Å². The highest BCUT2D eigenvalue weighted by atomic mass is 19.1. The van der Waals surface area contributed by atoms with Gasteiger partial charge in [0.25, 0.3) is 0 Å². The van der Waals surface area contributed by atoms with Crippen molar-refractivity contribution >= 4 is 11.8 Å². The minimum atomic E-state index is -0.371. The van der Waals surface area contributed by atoms with Gasteiger partial charge in [0, 0.05) is 13.1 Å². The maximum atomic E-state index is 12.9. The second-order valence-corrected chi connectivity index (χ2v) is 4.15. The highest BCUT2D eigenvalue weighted by Crippen LogP contribution is 2.04. The third kappa shape index (κ3) is 5.07. The lowest BCUT2D eigenvalue weighted by Gasteiger charge is -2.18. The topological polar surface area (TPSA) is 49.4 Å². The SMILES string of the molecule is CCN(CC)C(=O)CNC(=O)Cc1cccc(F)c1. The molecule has 2 amide bonds. The molecule has 0 saturated heterocycles. The fourth-order valence-electron chi connectivity index (χ4n) is 1.76. The molecule has 0 atom stereocenters. The van der Waals surface area contributed by atoms with E-state index in [1.54, 1.807) is 17.0 Å². The number of amides is 2. The minimum Gasteiger partial charge on any atom is -0.347 e. The molecule has 0 spiro atoms. The van der Waals surface area contributed by atoms with Gasteiger partial charge < -0.3 is 10.2 Å². The highest BCUT2D eigenvalue weighted by Gasteiger charge is 2.11. The third-order valence-electron chi connectivity index (χ3n) is 2.81. The van der Waals surface area contributed by atoms with Gasteiger partial charge in [-0.2, -0.15) is 0 Å². The minimum absolute atomic E-state index is 0.0180. The average Bonchev–Trinajstić information content (AvgIpc) is 2.38. The van der Waals surface area contributed by atoms with Gasteiger partial charge in [-0.1, -0.05) is 12.1 Å². The number of hydrogen-bond donors (Lipinski definition) is 1. The van der Waals surface area contributed by atoms with Crippen LogP contribution >= 0.6 is 0 Å². The fraction of sp³-hybridized carbons (Fsp3) is 0.429. The Bertz CT molecular complexity index is 445. The quantitative estimate of drug-likeness (QED) is 0.845. The van der Waals surface area contributed by atoms with Gasteiger partial charge in [0.05, 0.1) is 13.0 Å². The van der Waals surface area contributed by atoms with E-state index in [2.05, 4.69) is 5.32 Å². The molecule has 0 aliphatic rings. The Kier molecular flexibility index (Phi) is 5.99. The molecule has 4 nitrogen and oxygen atoms in total. The van der Waals surface area contributed by atoms with Crippen LogP contribution in [0.15, 0.2) is 24.3 Å². The summed E-state index contributed by atoms with van der Waals surface area (Å²) in [5.74, 6) is -0.770. The molecule has 1 N–H and O–H groups in total. The Balaban J connectivity index is 2.42. The summed E-state index contributed by atoms with van der Waals surface area (Å²) in [4.78, 5) is 24.9. The van der Waals surface area contributed by atoms with Crippen molar-refractivity contribution in [2.24, 2.45) is 0 Å². The molecule has 19 heavy (non-hydrogen) atoms. The number of carbonyl (C=O) groups excluding carboxylic acids is 2. The average molecular weight is 266 g/mol. The molecule has 1 aromatic carbocycles. The second kappa shape index (κ2) is 7.51. The molecule has 1 aromatic rings. The number of benzene rings is 1. The van der Waals surface area contributed by atoms with Gasteiger partial charge in [-0.05, 0) is 31.5 Å². The Morgan fingerprint density at radius 3 is 2.53 bits per heavy atom. The van der Waals surface area contributed by atoms with Gasteiger partial charge in [0.1, 0.15) is 5.82 Å². The molecule has 5 heteroatoms. The molecule has 1 rings (SSSR count). The fourth-order valence-corrected chi connectivity index (χ4v) is 1.76. The van der Waals surface area contributed by atoms with Crippen LogP contribution in [-0.4, -0.2) is 36.3 Å². The predicted molar refractivity (Wildman–Crippen MR) is 71.0 cm³/mol. The number of likely N-dealkylation sites (N-methyl/N-ethyl adjacent to an activating group) is 1. The summed E-state index contributed by atoms with van der Waals surface area (Å²) in [6.07, 6.45) is 0.0727. The zero-order valence-electron chi connectivity index (χ0n) is 11.3. The monoisotopic (exact) mass is 266 g/mol. The number of hydrogen-bond acceptors (Lipinski definition) is 2. The molecule has 0 bridgehead atoms. The van der Waals surface area contributed by atoms with Crippen LogP contribution in [0.4, 0.5) is 4.39 Å². The second-order valence-electron chi connectivity index (χ2n) is 4.15. The van der Waals surface area contributed by atoms with Crippen LogP contribution in [0.25, 0.3) is 0 Å². The largest absolute Gasteiger partial charge is 0.347 e. The highest BCUT2D eigenvalue weighted by molar-refractivity contribution is 5.85.